The molecule has 0 unspecified atom stereocenters. The van der Waals surface area contributed by atoms with Gasteiger partial charge in [-0.3, -0.25) is 0 Å². The first kappa shape index (κ1) is 12.9. The lowest BCUT2D eigenvalue weighted by atomic mass is 10.1. The number of rotatable bonds is 5. The second-order valence-electron chi connectivity index (χ2n) is 4.26. The van der Waals surface area contributed by atoms with Gasteiger partial charge in [0.1, 0.15) is 0 Å². The van der Waals surface area contributed by atoms with Crippen molar-refractivity contribution in [3.8, 4) is 0 Å². The average molecular weight is 252 g/mol. The highest BCUT2D eigenvalue weighted by Crippen LogP contribution is 2.17. The van der Waals surface area contributed by atoms with Gasteiger partial charge in [-0.2, -0.15) is 0 Å². The lowest BCUT2D eigenvalue weighted by molar-refractivity contribution is -0.181. The summed E-state index contributed by atoms with van der Waals surface area (Å²) >= 11 is 1.78. The van der Waals surface area contributed by atoms with E-state index in [4.69, 9.17) is 9.47 Å². The van der Waals surface area contributed by atoms with E-state index >= 15 is 0 Å². The highest BCUT2D eigenvalue weighted by molar-refractivity contribution is 7.98. The van der Waals surface area contributed by atoms with E-state index in [-0.39, 0.29) is 6.29 Å². The standard InChI is InChI=1S/C14H20O2S/c1-17-13-8-6-12(7-9-13)4-2-5-14-15-10-3-11-16-14/h6-9,14H,2-5,10-11H2,1H3. The van der Waals surface area contributed by atoms with Crippen molar-refractivity contribution in [2.45, 2.75) is 36.9 Å². The van der Waals surface area contributed by atoms with Crippen LogP contribution in [0.5, 0.6) is 0 Å². The molecule has 0 N–H and O–H groups in total. The molecule has 1 saturated heterocycles. The molecule has 1 aliphatic heterocycles. The van der Waals surface area contributed by atoms with Crippen molar-refractivity contribution in [1.29, 1.82) is 0 Å². The predicted molar refractivity (Wildman–Crippen MR) is 71.5 cm³/mol. The molecule has 1 aromatic rings. The van der Waals surface area contributed by atoms with Crippen molar-refractivity contribution >= 4 is 11.8 Å². The Morgan fingerprint density at radius 1 is 1.18 bits per heavy atom. The molecule has 2 rings (SSSR count). The molecule has 0 aromatic heterocycles. The molecule has 1 heterocycles. The van der Waals surface area contributed by atoms with Crippen LogP contribution >= 0.6 is 11.8 Å². The average Bonchev–Trinajstić information content (AvgIpc) is 2.41. The molecule has 0 aliphatic carbocycles. The summed E-state index contributed by atoms with van der Waals surface area (Å²) in [7, 11) is 0. The second-order valence-corrected chi connectivity index (χ2v) is 5.14. The Balaban J connectivity index is 1.69. The van der Waals surface area contributed by atoms with Gasteiger partial charge in [-0.15, -0.1) is 11.8 Å². The summed E-state index contributed by atoms with van der Waals surface area (Å²) in [6, 6.07) is 8.81. The zero-order valence-corrected chi connectivity index (χ0v) is 11.2. The Bertz CT molecular complexity index is 317. The smallest absolute Gasteiger partial charge is 0.157 e. The van der Waals surface area contributed by atoms with Crippen LogP contribution in [0.3, 0.4) is 0 Å². The van der Waals surface area contributed by atoms with Gasteiger partial charge in [-0.05, 0) is 49.6 Å². The Hall–Kier alpha value is -0.510. The van der Waals surface area contributed by atoms with Crippen molar-refractivity contribution in [3.63, 3.8) is 0 Å². The van der Waals surface area contributed by atoms with E-state index in [1.807, 2.05) is 0 Å². The van der Waals surface area contributed by atoms with E-state index in [2.05, 4.69) is 30.5 Å². The van der Waals surface area contributed by atoms with Crippen LogP contribution in [0.1, 0.15) is 24.8 Å². The summed E-state index contributed by atoms with van der Waals surface area (Å²) < 4.78 is 11.1. The maximum absolute atomic E-state index is 5.53. The number of aryl methyl sites for hydroxylation is 1. The normalized spacial score (nSPS) is 17.2. The van der Waals surface area contributed by atoms with Gasteiger partial charge in [0.05, 0.1) is 13.2 Å². The van der Waals surface area contributed by atoms with Gasteiger partial charge >= 0.3 is 0 Å². The first-order valence-electron chi connectivity index (χ1n) is 6.24. The molecule has 3 heteroatoms. The third-order valence-electron chi connectivity index (χ3n) is 2.96. The molecule has 0 spiro atoms. The molecule has 1 aliphatic rings. The van der Waals surface area contributed by atoms with Gasteiger partial charge < -0.3 is 9.47 Å². The van der Waals surface area contributed by atoms with Gasteiger partial charge in [0, 0.05) is 4.90 Å². The largest absolute Gasteiger partial charge is 0.353 e. The molecule has 0 amide bonds. The zero-order valence-electron chi connectivity index (χ0n) is 10.4. The maximum atomic E-state index is 5.53. The molecular weight excluding hydrogens is 232 g/mol. The monoisotopic (exact) mass is 252 g/mol. The van der Waals surface area contributed by atoms with Crippen LogP contribution in [0.15, 0.2) is 29.2 Å². The minimum atomic E-state index is 0.0363. The summed E-state index contributed by atoms with van der Waals surface area (Å²) in [5.41, 5.74) is 1.40. The molecule has 94 valence electrons. The van der Waals surface area contributed by atoms with Crippen molar-refractivity contribution in [2.24, 2.45) is 0 Å². The molecule has 1 fully saturated rings. The minimum absolute atomic E-state index is 0.0363. The van der Waals surface area contributed by atoms with Crippen molar-refractivity contribution in [1.82, 2.24) is 0 Å². The Morgan fingerprint density at radius 2 is 1.88 bits per heavy atom. The first-order chi connectivity index (χ1) is 8.38. The highest BCUT2D eigenvalue weighted by atomic mass is 32.2. The van der Waals surface area contributed by atoms with E-state index in [9.17, 15) is 0 Å². The van der Waals surface area contributed by atoms with E-state index < -0.39 is 0 Å². The van der Waals surface area contributed by atoms with E-state index in [0.717, 1.165) is 38.9 Å². The molecule has 0 radical (unpaired) electrons. The highest BCUT2D eigenvalue weighted by Gasteiger charge is 2.13. The van der Waals surface area contributed by atoms with Gasteiger partial charge in [-0.25, -0.2) is 0 Å². The molecule has 0 saturated carbocycles. The van der Waals surface area contributed by atoms with Crippen LogP contribution in [0, 0.1) is 0 Å². The maximum Gasteiger partial charge on any atom is 0.157 e. The fourth-order valence-electron chi connectivity index (χ4n) is 1.97. The van der Waals surface area contributed by atoms with Gasteiger partial charge in [0.25, 0.3) is 0 Å². The molecule has 17 heavy (non-hydrogen) atoms. The third kappa shape index (κ3) is 4.34. The summed E-state index contributed by atoms with van der Waals surface area (Å²) in [5, 5.41) is 0. The second kappa shape index (κ2) is 7.04. The molecule has 0 atom stereocenters. The van der Waals surface area contributed by atoms with Crippen LogP contribution < -0.4 is 0 Å². The minimum Gasteiger partial charge on any atom is -0.353 e. The Labute approximate surface area is 108 Å². The van der Waals surface area contributed by atoms with Crippen molar-refractivity contribution < 1.29 is 9.47 Å². The van der Waals surface area contributed by atoms with E-state index in [1.165, 1.54) is 10.5 Å². The quantitative estimate of drug-likeness (QED) is 0.747. The van der Waals surface area contributed by atoms with E-state index in [1.54, 1.807) is 11.8 Å². The first-order valence-corrected chi connectivity index (χ1v) is 7.47. The molecule has 2 nitrogen and oxygen atoms in total. The SMILES string of the molecule is CSc1ccc(CCCC2OCCCO2)cc1. The number of hydrogen-bond acceptors (Lipinski definition) is 3. The van der Waals surface area contributed by atoms with Crippen molar-refractivity contribution in [2.75, 3.05) is 19.5 Å². The number of thioether (sulfide) groups is 1. The summed E-state index contributed by atoms with van der Waals surface area (Å²) in [6.07, 6.45) is 6.42. The number of hydrogen-bond donors (Lipinski definition) is 0. The summed E-state index contributed by atoms with van der Waals surface area (Å²) in [6.45, 7) is 1.71. The van der Waals surface area contributed by atoms with Crippen LogP contribution in [0.2, 0.25) is 0 Å². The summed E-state index contributed by atoms with van der Waals surface area (Å²) in [4.78, 5) is 1.33. The number of benzene rings is 1. The zero-order chi connectivity index (χ0) is 11.9. The van der Waals surface area contributed by atoms with E-state index in [0.29, 0.717) is 0 Å². The van der Waals surface area contributed by atoms with Crippen LogP contribution in [-0.2, 0) is 15.9 Å². The fraction of sp³-hybridized carbons (Fsp3) is 0.571. The third-order valence-corrected chi connectivity index (χ3v) is 3.70. The van der Waals surface area contributed by atoms with Crippen LogP contribution in [-0.4, -0.2) is 25.8 Å². The predicted octanol–water partition coefficient (Wildman–Crippen LogP) is 3.49. The molecular formula is C14H20O2S. The molecule has 0 bridgehead atoms. The lowest BCUT2D eigenvalue weighted by Crippen LogP contribution is -2.24. The Kier molecular flexibility index (Phi) is 5.36. The Morgan fingerprint density at radius 3 is 2.53 bits per heavy atom. The fourth-order valence-corrected chi connectivity index (χ4v) is 2.38. The topological polar surface area (TPSA) is 18.5 Å². The van der Waals surface area contributed by atoms with Crippen LogP contribution in [0.25, 0.3) is 0 Å². The van der Waals surface area contributed by atoms with Gasteiger partial charge in [0.15, 0.2) is 6.29 Å². The van der Waals surface area contributed by atoms with Gasteiger partial charge in [0.2, 0.25) is 0 Å². The summed E-state index contributed by atoms with van der Waals surface area (Å²) in [5.74, 6) is 0. The van der Waals surface area contributed by atoms with Gasteiger partial charge in [-0.1, -0.05) is 12.1 Å². The number of ether oxygens (including phenoxy) is 2. The lowest BCUT2D eigenvalue weighted by Gasteiger charge is -2.23. The van der Waals surface area contributed by atoms with Crippen molar-refractivity contribution in [3.05, 3.63) is 29.8 Å². The molecule has 1 aromatic carbocycles. The van der Waals surface area contributed by atoms with Crippen LogP contribution in [0.4, 0.5) is 0 Å².